The van der Waals surface area contributed by atoms with Crippen molar-refractivity contribution in [3.8, 4) is 0 Å². The molecule has 7 heteroatoms. The Bertz CT molecular complexity index is 394. The van der Waals surface area contributed by atoms with Gasteiger partial charge in [-0.25, -0.2) is 5.84 Å². The summed E-state index contributed by atoms with van der Waals surface area (Å²) in [5, 5.41) is 0. The lowest BCUT2D eigenvalue weighted by molar-refractivity contribution is 0.542. The van der Waals surface area contributed by atoms with Gasteiger partial charge in [0.25, 0.3) is 0 Å². The minimum absolute atomic E-state index is 0.385. The Balaban J connectivity index is 3.04. The first-order valence-corrected chi connectivity index (χ1v) is 6.66. The molecule has 0 saturated carbocycles. The second-order valence-corrected chi connectivity index (χ2v) is 4.85. The Morgan fingerprint density at radius 2 is 1.79 bits per heavy atom. The third-order valence-electron chi connectivity index (χ3n) is 3.03. The number of nitrogen functional groups attached to an aromatic ring is 1. The van der Waals surface area contributed by atoms with Crippen molar-refractivity contribution in [2.45, 2.75) is 27.2 Å². The number of hydrogen-bond donors (Lipinski definition) is 2. The summed E-state index contributed by atoms with van der Waals surface area (Å²) in [7, 11) is 3.79. The monoisotopic (exact) mass is 267 g/mol. The number of anilines is 3. The molecule has 0 saturated heterocycles. The molecule has 0 aromatic carbocycles. The predicted molar refractivity (Wildman–Crippen MR) is 79.3 cm³/mol. The number of rotatable bonds is 7. The van der Waals surface area contributed by atoms with Crippen molar-refractivity contribution < 1.29 is 0 Å². The first kappa shape index (κ1) is 15.4. The molecule has 0 aliphatic heterocycles. The lowest BCUT2D eigenvalue weighted by Gasteiger charge is -2.25. The highest BCUT2D eigenvalue weighted by Crippen LogP contribution is 2.16. The fourth-order valence-electron chi connectivity index (χ4n) is 1.62. The maximum atomic E-state index is 5.42. The smallest absolute Gasteiger partial charge is 0.243 e. The van der Waals surface area contributed by atoms with E-state index in [1.165, 1.54) is 0 Å². The SMILES string of the molecule is CCC(C)CN(CC)c1nc(NN)nc(N(C)C)n1. The summed E-state index contributed by atoms with van der Waals surface area (Å²) in [5.74, 6) is 7.65. The van der Waals surface area contributed by atoms with E-state index >= 15 is 0 Å². The Morgan fingerprint density at radius 1 is 1.16 bits per heavy atom. The minimum Gasteiger partial charge on any atom is -0.347 e. The van der Waals surface area contributed by atoms with Crippen molar-refractivity contribution in [2.24, 2.45) is 11.8 Å². The standard InChI is InChI=1S/C12H25N7/c1-6-9(3)8-19(7-2)12-15-10(17-13)14-11(16-12)18(4)5/h9H,6-8,13H2,1-5H3,(H,14,15,16,17). The van der Waals surface area contributed by atoms with Gasteiger partial charge in [-0.1, -0.05) is 20.3 Å². The average Bonchev–Trinajstić information content (AvgIpc) is 2.43. The van der Waals surface area contributed by atoms with Crippen LogP contribution in [0.25, 0.3) is 0 Å². The van der Waals surface area contributed by atoms with E-state index < -0.39 is 0 Å². The van der Waals surface area contributed by atoms with Gasteiger partial charge in [-0.15, -0.1) is 0 Å². The largest absolute Gasteiger partial charge is 0.347 e. The number of hydrazine groups is 1. The fraction of sp³-hybridized carbons (Fsp3) is 0.750. The second-order valence-electron chi connectivity index (χ2n) is 4.85. The van der Waals surface area contributed by atoms with Crippen molar-refractivity contribution >= 4 is 17.8 Å². The normalized spacial score (nSPS) is 12.1. The molecule has 0 aliphatic carbocycles. The van der Waals surface area contributed by atoms with Crippen molar-refractivity contribution in [3.05, 3.63) is 0 Å². The molecule has 0 bridgehead atoms. The molecule has 3 N–H and O–H groups in total. The maximum absolute atomic E-state index is 5.42. The van der Waals surface area contributed by atoms with E-state index in [2.05, 4.69) is 46.0 Å². The zero-order valence-electron chi connectivity index (χ0n) is 12.5. The van der Waals surface area contributed by atoms with Crippen molar-refractivity contribution in [1.82, 2.24) is 15.0 Å². The zero-order valence-corrected chi connectivity index (χ0v) is 12.5. The van der Waals surface area contributed by atoms with E-state index in [1.807, 2.05) is 19.0 Å². The van der Waals surface area contributed by atoms with Crippen LogP contribution in [-0.2, 0) is 0 Å². The lowest BCUT2D eigenvalue weighted by atomic mass is 10.1. The molecule has 0 spiro atoms. The molecule has 0 fully saturated rings. The summed E-state index contributed by atoms with van der Waals surface area (Å²) in [5.41, 5.74) is 2.49. The van der Waals surface area contributed by atoms with Gasteiger partial charge in [0.2, 0.25) is 17.8 Å². The zero-order chi connectivity index (χ0) is 14.4. The van der Waals surface area contributed by atoms with E-state index in [0.717, 1.165) is 19.5 Å². The van der Waals surface area contributed by atoms with Gasteiger partial charge in [-0.3, -0.25) is 5.43 Å². The van der Waals surface area contributed by atoms with Gasteiger partial charge in [0.15, 0.2) is 0 Å². The molecule has 1 aromatic rings. The molecule has 7 nitrogen and oxygen atoms in total. The van der Waals surface area contributed by atoms with Crippen molar-refractivity contribution in [2.75, 3.05) is 42.4 Å². The highest BCUT2D eigenvalue weighted by molar-refractivity contribution is 5.44. The van der Waals surface area contributed by atoms with E-state index in [4.69, 9.17) is 5.84 Å². The van der Waals surface area contributed by atoms with Crippen molar-refractivity contribution in [3.63, 3.8) is 0 Å². The summed E-state index contributed by atoms with van der Waals surface area (Å²) >= 11 is 0. The molecule has 108 valence electrons. The Labute approximate surface area is 115 Å². The topological polar surface area (TPSA) is 83.2 Å². The Morgan fingerprint density at radius 3 is 2.26 bits per heavy atom. The lowest BCUT2D eigenvalue weighted by Crippen LogP contribution is -2.31. The van der Waals surface area contributed by atoms with Crippen LogP contribution in [0.3, 0.4) is 0 Å². The first-order valence-electron chi connectivity index (χ1n) is 6.66. The summed E-state index contributed by atoms with van der Waals surface area (Å²) < 4.78 is 0. The molecule has 1 rings (SSSR count). The number of nitrogens with zero attached hydrogens (tertiary/aromatic N) is 5. The Hall–Kier alpha value is -1.63. The average molecular weight is 267 g/mol. The molecule has 1 aromatic heterocycles. The van der Waals surface area contributed by atoms with Crippen LogP contribution >= 0.6 is 0 Å². The van der Waals surface area contributed by atoms with Crippen LogP contribution in [0.15, 0.2) is 0 Å². The van der Waals surface area contributed by atoms with Gasteiger partial charge in [0.1, 0.15) is 0 Å². The van der Waals surface area contributed by atoms with E-state index in [9.17, 15) is 0 Å². The summed E-state index contributed by atoms with van der Waals surface area (Å²) in [6.45, 7) is 8.28. The van der Waals surface area contributed by atoms with Crippen LogP contribution in [-0.4, -0.2) is 42.1 Å². The molecular formula is C12H25N7. The second kappa shape index (κ2) is 7.08. The van der Waals surface area contributed by atoms with Crippen LogP contribution in [0.1, 0.15) is 27.2 Å². The van der Waals surface area contributed by atoms with Gasteiger partial charge in [-0.05, 0) is 12.8 Å². The molecule has 19 heavy (non-hydrogen) atoms. The number of hydrogen-bond acceptors (Lipinski definition) is 7. The fourth-order valence-corrected chi connectivity index (χ4v) is 1.62. The van der Waals surface area contributed by atoms with E-state index in [0.29, 0.717) is 23.8 Å². The molecule has 1 heterocycles. The minimum atomic E-state index is 0.385. The number of aromatic nitrogens is 3. The molecule has 0 radical (unpaired) electrons. The van der Waals surface area contributed by atoms with Gasteiger partial charge >= 0.3 is 0 Å². The van der Waals surface area contributed by atoms with Crippen LogP contribution < -0.4 is 21.1 Å². The van der Waals surface area contributed by atoms with Crippen molar-refractivity contribution in [1.29, 1.82) is 0 Å². The third kappa shape index (κ3) is 4.20. The first-order chi connectivity index (χ1) is 9.01. The van der Waals surface area contributed by atoms with Gasteiger partial charge in [0, 0.05) is 27.2 Å². The summed E-state index contributed by atoms with van der Waals surface area (Å²) in [6, 6.07) is 0. The number of nitrogens with two attached hydrogens (primary N) is 1. The van der Waals surface area contributed by atoms with E-state index in [-0.39, 0.29) is 0 Å². The quantitative estimate of drug-likeness (QED) is 0.565. The van der Waals surface area contributed by atoms with Crippen LogP contribution in [0.4, 0.5) is 17.8 Å². The highest BCUT2D eigenvalue weighted by atomic mass is 15.4. The molecule has 0 aliphatic rings. The van der Waals surface area contributed by atoms with Crippen LogP contribution in [0.5, 0.6) is 0 Å². The van der Waals surface area contributed by atoms with Gasteiger partial charge in [0.05, 0.1) is 0 Å². The summed E-state index contributed by atoms with van der Waals surface area (Å²) in [4.78, 5) is 17.0. The Kier molecular flexibility index (Phi) is 5.75. The highest BCUT2D eigenvalue weighted by Gasteiger charge is 2.14. The molecule has 1 unspecified atom stereocenters. The number of nitrogens with one attached hydrogen (secondary N) is 1. The predicted octanol–water partition coefficient (Wildman–Crippen LogP) is 1.10. The van der Waals surface area contributed by atoms with Crippen LogP contribution in [0, 0.1) is 5.92 Å². The molecule has 0 amide bonds. The molecule has 1 atom stereocenters. The van der Waals surface area contributed by atoms with Crippen LogP contribution in [0.2, 0.25) is 0 Å². The molecular weight excluding hydrogens is 242 g/mol. The maximum Gasteiger partial charge on any atom is 0.243 e. The third-order valence-corrected chi connectivity index (χ3v) is 3.03. The van der Waals surface area contributed by atoms with Gasteiger partial charge < -0.3 is 9.80 Å². The summed E-state index contributed by atoms with van der Waals surface area (Å²) in [6.07, 6.45) is 1.13. The van der Waals surface area contributed by atoms with Gasteiger partial charge in [-0.2, -0.15) is 15.0 Å². The van der Waals surface area contributed by atoms with E-state index in [1.54, 1.807) is 0 Å².